The molecule has 1 saturated heterocycles. The van der Waals surface area contributed by atoms with Crippen molar-refractivity contribution in [1.29, 1.82) is 0 Å². The number of aliphatic carboxylic acids is 2. The number of esters is 1. The smallest absolute Gasteiger partial charge is 0.348 e. The van der Waals surface area contributed by atoms with Gasteiger partial charge in [-0.2, -0.15) is 0 Å². The Balaban J connectivity index is 0.00000142. The first-order valence-electron chi connectivity index (χ1n) is 43.4. The zero-order chi connectivity index (χ0) is 96.2. The van der Waals surface area contributed by atoms with Crippen LogP contribution in [-0.2, 0) is 101 Å². The third-order valence-electron chi connectivity index (χ3n) is 25.0. The summed E-state index contributed by atoms with van der Waals surface area (Å²) in [5.74, 6) is -1.20. The molecule has 720 valence electrons. The minimum absolute atomic E-state index is 0. The number of halogens is 5. The molecule has 1 heterocycles. The number of carboxylic acids is 2. The van der Waals surface area contributed by atoms with Crippen LogP contribution in [0.15, 0.2) is 146 Å². The van der Waals surface area contributed by atoms with Crippen LogP contribution in [0, 0.1) is 0 Å². The van der Waals surface area contributed by atoms with E-state index in [4.69, 9.17) is 52.8 Å². The first kappa shape index (κ1) is 125. The monoisotopic (exact) mass is 2170 g/mol. The summed E-state index contributed by atoms with van der Waals surface area (Å²) >= 11 is 16.9. The fourth-order valence-electron chi connectivity index (χ4n) is 14.8. The Labute approximate surface area is 852 Å². The van der Waals surface area contributed by atoms with E-state index in [1.807, 2.05) is 45.9 Å². The molecule has 2 N–H and O–H groups in total. The fourth-order valence-corrected chi connectivity index (χ4v) is 20.9. The van der Waals surface area contributed by atoms with Gasteiger partial charge in [0.05, 0.1) is 13.2 Å². The molecule has 7 saturated carbocycles. The summed E-state index contributed by atoms with van der Waals surface area (Å²) in [5, 5.41) is 30.6. The first-order chi connectivity index (χ1) is 59.5. The summed E-state index contributed by atoms with van der Waals surface area (Å²) in [4.78, 5) is 122. The number of rotatable bonds is 19. The number of ketones is 8. The second-order valence-electron chi connectivity index (χ2n) is 34.2. The first-order valence-corrected chi connectivity index (χ1v) is 52.0. The molecule has 0 unspecified atom stereocenters. The number of ether oxygens (including phenoxy) is 9. The largest absolute Gasteiger partial charge is 1.00 e. The van der Waals surface area contributed by atoms with E-state index in [9.17, 15) is 57.8 Å². The number of carboxylic acid groups (broad SMARTS) is 2. The predicted molar refractivity (Wildman–Crippen MR) is 524 cm³/mol. The van der Waals surface area contributed by atoms with Crippen LogP contribution in [-0.4, -0.2) is 190 Å². The number of allylic oxidation sites excluding steroid dienone is 2. The summed E-state index contributed by atoms with van der Waals surface area (Å²) < 4.78 is 47.8. The molecule has 0 atom stereocenters. The van der Waals surface area contributed by atoms with Crippen molar-refractivity contribution in [2.75, 3.05) is 62.5 Å². The maximum atomic E-state index is 12.3. The Hall–Kier alpha value is -3.76. The Morgan fingerprint density at radius 3 is 0.845 bits per heavy atom. The molecule has 8 fully saturated rings. The predicted octanol–water partition coefficient (Wildman–Crippen LogP) is 17.3. The number of benzene rings is 4. The van der Waals surface area contributed by atoms with E-state index in [0.717, 1.165) is 63.1 Å². The Morgan fingerprint density at radius 2 is 0.643 bits per heavy atom. The van der Waals surface area contributed by atoms with E-state index >= 15 is 0 Å². The zero-order valence-corrected chi connectivity index (χ0v) is 90.6. The van der Waals surface area contributed by atoms with Crippen molar-refractivity contribution in [2.45, 2.75) is 321 Å². The van der Waals surface area contributed by atoms with E-state index < -0.39 is 62.1 Å². The second kappa shape index (κ2) is 60.7. The van der Waals surface area contributed by atoms with Crippen molar-refractivity contribution in [3.05, 3.63) is 151 Å². The Kier molecular flexibility index (Phi) is 59.0. The summed E-state index contributed by atoms with van der Waals surface area (Å²) in [6, 6.07) is 42.6. The second-order valence-corrected chi connectivity index (χ2v) is 50.9. The van der Waals surface area contributed by atoms with E-state index in [1.165, 1.54) is 74.9 Å². The van der Waals surface area contributed by atoms with Crippen molar-refractivity contribution in [3.63, 3.8) is 0 Å². The molecule has 0 bridgehead atoms. The van der Waals surface area contributed by atoms with Gasteiger partial charge in [-0.1, -0.05) is 160 Å². The van der Waals surface area contributed by atoms with E-state index in [0.29, 0.717) is 154 Å². The van der Waals surface area contributed by atoms with E-state index in [1.54, 1.807) is 35.0 Å². The third-order valence-corrected chi connectivity index (χ3v) is 33.9. The number of carbonyl (C=O) groups excluding carboxylic acids is 9. The zero-order valence-electron chi connectivity index (χ0n) is 78.7. The van der Waals surface area contributed by atoms with Gasteiger partial charge in [0.1, 0.15) is 54.0 Å². The van der Waals surface area contributed by atoms with Crippen molar-refractivity contribution in [1.82, 2.24) is 0 Å². The summed E-state index contributed by atoms with van der Waals surface area (Å²) in [6.45, 7) is 27.4. The van der Waals surface area contributed by atoms with Crippen molar-refractivity contribution < 1.29 is 162 Å². The molecular weight excluding hydrogens is 2030 g/mol. The van der Waals surface area contributed by atoms with Crippen molar-refractivity contribution in [3.8, 4) is 0 Å². The molecule has 0 amide bonds. The molecule has 12 rings (SSSR count). The standard InChI is InChI=1S/C19H18BrP.C14H24O3.C10H16O2.2C9H14O3.2C8H12O4.C8H12O3.C7H7Br.C5H11O.CHBr3.CH4.K/c1-21(20,17-11-5-2-6-12-17,18-13-7-3-8-14-18)19-15-9-4-10-16-19;1-6-13(3,4)17-12(15)14(16-5)9-7-11(2)8-10-14;1-8-4-6-10(12-3,7-5-8)9(2)11;2*1-7(10)9(12-2)5-3-8(11)4-6-9;2*1-12-8(7(10)11)4-2-6(9)3-5-8;9-7-1-3-8(4-2-7)10-5-6-11-8;8-6-7-4-2-1-3-5-7;1-4-5(2,3)6;2-1(3)4;;/h2-16H,1H3;2,6-10H2,1,3-5H3;1,4-7H2,2-3H3;2*3-6H2,1-2H3;2*2-5H2,1H3,(H,10,11);1-6H2;1-5H,6H2;4H2,1-3H3;1H;1H4;/q;;;;;;;;;-1;;;+1. The Bertz CT molecular complexity index is 3690. The summed E-state index contributed by atoms with van der Waals surface area (Å²) in [5.41, 5.74) is -2.15. The van der Waals surface area contributed by atoms with Crippen LogP contribution in [0.3, 0.4) is 0 Å². The molecule has 30 heteroatoms. The number of hydrogen-bond acceptors (Lipinski definition) is 21. The maximum absolute atomic E-state index is 12.3. The van der Waals surface area contributed by atoms with Gasteiger partial charge in [-0.05, 0) is 149 Å². The Morgan fingerprint density at radius 1 is 0.426 bits per heavy atom. The van der Waals surface area contributed by atoms with Gasteiger partial charge in [-0.3, -0.25) is 38.4 Å². The van der Waals surface area contributed by atoms with E-state index in [-0.39, 0.29) is 114 Å². The van der Waals surface area contributed by atoms with Crippen molar-refractivity contribution in [2.24, 2.45) is 0 Å². The van der Waals surface area contributed by atoms with Crippen LogP contribution in [0.25, 0.3) is 0 Å². The summed E-state index contributed by atoms with van der Waals surface area (Å²) in [7, 11) is 9.05. The molecule has 1 aliphatic heterocycles. The van der Waals surface area contributed by atoms with E-state index in [2.05, 4.69) is 202 Å². The van der Waals surface area contributed by atoms with Crippen LogP contribution in [0.4, 0.5) is 0 Å². The molecule has 8 aliphatic rings. The molecule has 0 radical (unpaired) electrons. The average Bonchev–Trinajstić information content (AvgIpc) is 0.770. The molecule has 4 aromatic carbocycles. The number of methoxy groups -OCH3 is 6. The molecule has 7 aliphatic carbocycles. The number of hydrogen-bond donors (Lipinski definition) is 2. The minimum atomic E-state index is -2.56. The van der Waals surface area contributed by atoms with Gasteiger partial charge < -0.3 is 58.0 Å². The normalized spacial score (nSPS) is 19.1. The van der Waals surface area contributed by atoms with Crippen LogP contribution < -0.4 is 72.4 Å². The third kappa shape index (κ3) is 41.2. The van der Waals surface area contributed by atoms with Crippen LogP contribution in [0.5, 0.6) is 0 Å². The number of alkyl halides is 4. The fraction of sp³-hybridized carbons (Fsp3) is 0.606. The number of Topliss-reactive ketones (excluding diaryl/α,β-unsaturated/α-hetero) is 8. The van der Waals surface area contributed by atoms with Crippen LogP contribution in [0.1, 0.15) is 268 Å². The van der Waals surface area contributed by atoms with Crippen molar-refractivity contribution >= 4 is 165 Å². The number of carbonyl (C=O) groups is 11. The van der Waals surface area contributed by atoms with Gasteiger partial charge in [-0.15, -0.1) is 5.60 Å². The van der Waals surface area contributed by atoms with Gasteiger partial charge in [0.25, 0.3) is 0 Å². The van der Waals surface area contributed by atoms with Gasteiger partial charge in [0.15, 0.2) is 39.9 Å². The molecule has 4 aromatic rings. The van der Waals surface area contributed by atoms with Gasteiger partial charge >= 0.3 is 204 Å². The summed E-state index contributed by atoms with van der Waals surface area (Å²) in [6.07, 6.45) is 17.4. The van der Waals surface area contributed by atoms with Crippen LogP contribution >= 0.6 is 84.5 Å². The maximum Gasteiger partial charge on any atom is 1.00 e. The molecule has 0 aromatic heterocycles. The molecule has 1 spiro atoms. The van der Waals surface area contributed by atoms with Gasteiger partial charge in [0, 0.05) is 125 Å². The molecular formula is C99H145Br5KO23P. The molecule has 23 nitrogen and oxygen atoms in total. The SMILES string of the molecule is BrC(Br)Br.BrCc1ccccc1.C.C=C1CCC(OC)(C(=O)OC(C)(C)CC)CC1.C=C1CCC(OC)(C(C)=O)CC1.CCC(C)(C)[O-].COC1(C(=O)O)CCC(=O)CC1.COC1(C(=O)O)CCC(=O)CC1.COC1(C(C)=O)CCC(=O)CC1.COC1(C(C)=O)CCC(=O)CC1.CP(Br)(c1ccccc1)(c1ccccc1)c1ccccc1.O=C1CCC2(CC1)OCCO2.[K+]. The average molecular weight is 2170 g/mol. The van der Waals surface area contributed by atoms with Crippen LogP contribution in [0.2, 0.25) is 0 Å². The van der Waals surface area contributed by atoms with Gasteiger partial charge in [-0.25, -0.2) is 14.4 Å². The topological polar surface area (TPSA) is 334 Å². The molecule has 129 heavy (non-hydrogen) atoms. The van der Waals surface area contributed by atoms with Gasteiger partial charge in [0.2, 0.25) is 0 Å². The quantitative estimate of drug-likeness (QED) is 0.0289. The minimum Gasteiger partial charge on any atom is -0.348 e.